The summed E-state index contributed by atoms with van der Waals surface area (Å²) in [4.78, 5) is 20.3. The van der Waals surface area contributed by atoms with Gasteiger partial charge < -0.3 is 10.2 Å². The number of thiophene rings is 1. The molecule has 3 aromatic rings. The molecule has 0 atom stereocenters. The van der Waals surface area contributed by atoms with Crippen molar-refractivity contribution in [2.24, 2.45) is 0 Å². The lowest BCUT2D eigenvalue weighted by Crippen LogP contribution is -2.51. The molecule has 0 radical (unpaired) electrons. The first-order valence-electron chi connectivity index (χ1n) is 12.9. The van der Waals surface area contributed by atoms with Gasteiger partial charge in [-0.2, -0.15) is 17.5 Å². The highest BCUT2D eigenvalue weighted by molar-refractivity contribution is 7.91. The summed E-state index contributed by atoms with van der Waals surface area (Å²) in [7, 11) is -3.92. The van der Waals surface area contributed by atoms with Crippen LogP contribution in [0, 0.1) is 0 Å². The standard InChI is InChI=1S/C27H28ClF3N4O3S2/c1-2-35(40(37,38)24-10-9-22(28)39-24)26(11-12-26)25(36)32-17-18-15-21(33-23(16-18)34-13-3-4-14-34)19-5-7-20(8-6-19)27(29,30)31/h5-10,15-16H,2-4,11-14,17H2,1H3,(H,32,36). The number of amides is 1. The molecule has 5 rings (SSSR count). The second-order valence-electron chi connectivity index (χ2n) is 9.93. The van der Waals surface area contributed by atoms with Crippen molar-refractivity contribution in [2.45, 2.75) is 55.1 Å². The van der Waals surface area contributed by atoms with E-state index < -0.39 is 33.2 Å². The number of nitrogens with one attached hydrogen (secondary N) is 1. The van der Waals surface area contributed by atoms with Crippen LogP contribution in [-0.2, 0) is 27.5 Å². The predicted molar refractivity (Wildman–Crippen MR) is 149 cm³/mol. The first-order valence-corrected chi connectivity index (χ1v) is 15.6. The number of alkyl halides is 3. The van der Waals surface area contributed by atoms with Gasteiger partial charge in [-0.25, -0.2) is 13.4 Å². The minimum atomic E-state index is -4.44. The Bertz CT molecular complexity index is 1500. The second kappa shape index (κ2) is 11.0. The summed E-state index contributed by atoms with van der Waals surface area (Å²) in [5, 5.41) is 2.91. The number of hydrogen-bond acceptors (Lipinski definition) is 6. The summed E-state index contributed by atoms with van der Waals surface area (Å²) in [5.74, 6) is 0.295. The maximum absolute atomic E-state index is 13.4. The minimum Gasteiger partial charge on any atom is -0.357 e. The van der Waals surface area contributed by atoms with E-state index in [1.165, 1.54) is 28.6 Å². The van der Waals surface area contributed by atoms with Gasteiger partial charge in [-0.05, 0) is 67.6 Å². The van der Waals surface area contributed by atoms with Gasteiger partial charge in [-0.15, -0.1) is 11.3 Å². The molecule has 2 aromatic heterocycles. The van der Waals surface area contributed by atoms with Crippen LogP contribution in [0.25, 0.3) is 11.3 Å². The molecule has 1 saturated heterocycles. The number of nitrogens with zero attached hydrogens (tertiary/aromatic N) is 3. The Labute approximate surface area is 240 Å². The summed E-state index contributed by atoms with van der Waals surface area (Å²) >= 11 is 6.92. The number of rotatable bonds is 9. The lowest BCUT2D eigenvalue weighted by atomic mass is 10.1. The molecule has 3 heterocycles. The monoisotopic (exact) mass is 612 g/mol. The molecule has 40 heavy (non-hydrogen) atoms. The van der Waals surface area contributed by atoms with Crippen LogP contribution >= 0.6 is 22.9 Å². The van der Waals surface area contributed by atoms with E-state index in [1.54, 1.807) is 13.0 Å². The zero-order valence-corrected chi connectivity index (χ0v) is 24.1. The van der Waals surface area contributed by atoms with Crippen LogP contribution in [0.15, 0.2) is 52.7 Å². The van der Waals surface area contributed by atoms with Gasteiger partial charge in [0.15, 0.2) is 0 Å². The zero-order valence-electron chi connectivity index (χ0n) is 21.7. The number of likely N-dealkylation sites (N-methyl/N-ethyl adjacent to an activating group) is 1. The van der Waals surface area contributed by atoms with Crippen molar-refractivity contribution in [3.05, 3.63) is 64.0 Å². The van der Waals surface area contributed by atoms with Crippen LogP contribution in [0.2, 0.25) is 4.34 Å². The van der Waals surface area contributed by atoms with Gasteiger partial charge in [0, 0.05) is 31.7 Å². The first-order chi connectivity index (χ1) is 18.9. The maximum Gasteiger partial charge on any atom is 0.416 e. The van der Waals surface area contributed by atoms with Gasteiger partial charge >= 0.3 is 6.18 Å². The van der Waals surface area contributed by atoms with Crippen molar-refractivity contribution in [2.75, 3.05) is 24.5 Å². The number of sulfonamides is 1. The number of benzene rings is 1. The molecule has 2 fully saturated rings. The number of aromatic nitrogens is 1. The molecule has 1 aromatic carbocycles. The van der Waals surface area contributed by atoms with E-state index in [9.17, 15) is 26.4 Å². The molecule has 1 aliphatic heterocycles. The maximum atomic E-state index is 13.4. The highest BCUT2D eigenvalue weighted by Gasteiger charge is 2.58. The fourth-order valence-electron chi connectivity index (χ4n) is 5.06. The van der Waals surface area contributed by atoms with E-state index in [1.807, 2.05) is 6.07 Å². The highest BCUT2D eigenvalue weighted by Crippen LogP contribution is 2.46. The lowest BCUT2D eigenvalue weighted by Gasteiger charge is -2.28. The van der Waals surface area contributed by atoms with Crippen molar-refractivity contribution in [3.8, 4) is 11.3 Å². The lowest BCUT2D eigenvalue weighted by molar-refractivity contribution is -0.137. The number of pyridine rings is 1. The molecule has 214 valence electrons. The zero-order chi connectivity index (χ0) is 28.7. The highest BCUT2D eigenvalue weighted by atomic mass is 35.5. The van der Waals surface area contributed by atoms with E-state index in [2.05, 4.69) is 10.2 Å². The van der Waals surface area contributed by atoms with Crippen LogP contribution in [0.3, 0.4) is 0 Å². The number of carbonyl (C=O) groups is 1. The van der Waals surface area contributed by atoms with Crippen molar-refractivity contribution >= 4 is 44.7 Å². The smallest absolute Gasteiger partial charge is 0.357 e. The van der Waals surface area contributed by atoms with Gasteiger partial charge in [0.2, 0.25) is 5.91 Å². The third-order valence-electron chi connectivity index (χ3n) is 7.27. The van der Waals surface area contributed by atoms with Gasteiger partial charge in [0.25, 0.3) is 10.0 Å². The molecule has 0 spiro atoms. The van der Waals surface area contributed by atoms with E-state index in [0.29, 0.717) is 39.8 Å². The topological polar surface area (TPSA) is 82.6 Å². The number of anilines is 1. The molecule has 1 saturated carbocycles. The van der Waals surface area contributed by atoms with E-state index >= 15 is 0 Å². The fourth-order valence-corrected chi connectivity index (χ4v) is 8.46. The minimum absolute atomic E-state index is 0.0870. The Balaban J connectivity index is 1.39. The normalized spacial score (nSPS) is 16.9. The Morgan fingerprint density at radius 1 is 1.12 bits per heavy atom. The van der Waals surface area contributed by atoms with Crippen LogP contribution in [-0.4, -0.2) is 48.8 Å². The van der Waals surface area contributed by atoms with Crippen molar-refractivity contribution < 1.29 is 26.4 Å². The predicted octanol–water partition coefficient (Wildman–Crippen LogP) is 5.94. The fraction of sp³-hybridized carbons (Fsp3) is 0.407. The third-order valence-corrected chi connectivity index (χ3v) is 11.0. The third kappa shape index (κ3) is 5.72. The molecule has 7 nitrogen and oxygen atoms in total. The summed E-state index contributed by atoms with van der Waals surface area (Å²) in [6.45, 7) is 3.56. The first kappa shape index (κ1) is 28.8. The average Bonchev–Trinajstić information content (AvgIpc) is 3.30. The summed E-state index contributed by atoms with van der Waals surface area (Å²) < 4.78 is 67.6. The quantitative estimate of drug-likeness (QED) is 0.323. The van der Waals surface area contributed by atoms with Crippen LogP contribution in [0.1, 0.15) is 43.7 Å². The Hall–Kier alpha value is -2.67. The molecule has 1 amide bonds. The average molecular weight is 613 g/mol. The number of hydrogen-bond donors (Lipinski definition) is 1. The molecule has 2 aliphatic rings. The van der Waals surface area contributed by atoms with Crippen LogP contribution in [0.4, 0.5) is 19.0 Å². The summed E-state index contributed by atoms with van der Waals surface area (Å²) in [6.07, 6.45) is -1.61. The second-order valence-corrected chi connectivity index (χ2v) is 13.7. The van der Waals surface area contributed by atoms with Gasteiger partial charge in [-0.1, -0.05) is 30.7 Å². The molecular formula is C27H28ClF3N4O3S2. The number of carbonyl (C=O) groups excluding carboxylic acids is 1. The molecule has 1 aliphatic carbocycles. The molecular weight excluding hydrogens is 585 g/mol. The Morgan fingerprint density at radius 2 is 1.80 bits per heavy atom. The van der Waals surface area contributed by atoms with Crippen molar-refractivity contribution in [1.29, 1.82) is 0 Å². The van der Waals surface area contributed by atoms with Crippen LogP contribution < -0.4 is 10.2 Å². The summed E-state index contributed by atoms with van der Waals surface area (Å²) in [5.41, 5.74) is -0.180. The molecule has 1 N–H and O–H groups in total. The SMILES string of the molecule is CCN(C1(C(=O)NCc2cc(-c3ccc(C(F)(F)F)cc3)nc(N3CCCC3)c2)CC1)S(=O)(=O)c1ccc(Cl)s1. The Morgan fingerprint density at radius 3 is 2.35 bits per heavy atom. The van der Waals surface area contributed by atoms with E-state index in [0.717, 1.165) is 49.4 Å². The van der Waals surface area contributed by atoms with E-state index in [4.69, 9.17) is 16.6 Å². The molecule has 13 heteroatoms. The summed E-state index contributed by atoms with van der Waals surface area (Å²) in [6, 6.07) is 11.4. The van der Waals surface area contributed by atoms with Gasteiger partial charge in [0.1, 0.15) is 15.6 Å². The number of halogens is 4. The molecule has 0 unspecified atom stereocenters. The van der Waals surface area contributed by atoms with Gasteiger partial charge in [-0.3, -0.25) is 4.79 Å². The van der Waals surface area contributed by atoms with Gasteiger partial charge in [0.05, 0.1) is 15.6 Å². The Kier molecular flexibility index (Phi) is 7.90. The van der Waals surface area contributed by atoms with Crippen LogP contribution in [0.5, 0.6) is 0 Å². The van der Waals surface area contributed by atoms with Crippen molar-refractivity contribution in [1.82, 2.24) is 14.6 Å². The van der Waals surface area contributed by atoms with Crippen molar-refractivity contribution in [3.63, 3.8) is 0 Å². The largest absolute Gasteiger partial charge is 0.416 e. The molecule has 0 bridgehead atoms. The van der Waals surface area contributed by atoms with E-state index in [-0.39, 0.29) is 17.3 Å².